The van der Waals surface area contributed by atoms with Gasteiger partial charge in [0, 0.05) is 6.54 Å². The first kappa shape index (κ1) is 15.8. The maximum atomic E-state index is 9.97. The second kappa shape index (κ2) is 6.97. The summed E-state index contributed by atoms with van der Waals surface area (Å²) < 4.78 is 5.95. The van der Waals surface area contributed by atoms with Gasteiger partial charge in [0.1, 0.15) is 0 Å². The highest BCUT2D eigenvalue weighted by Gasteiger charge is 2.50. The van der Waals surface area contributed by atoms with Crippen LogP contribution in [0.1, 0.15) is 58.3 Å². The minimum absolute atomic E-state index is 0.351. The Morgan fingerprint density at radius 1 is 1.14 bits per heavy atom. The van der Waals surface area contributed by atoms with E-state index in [1.165, 1.54) is 51.4 Å². The molecule has 0 aromatic rings. The standard InChI is InChI=1S/C18H33NO2/c1-2-3-4-19-11-17(20)12-21-13-18-8-14-5-15(9-18)7-16(6-14)10-18/h14-17,19-20H,2-13H2,1H3. The van der Waals surface area contributed by atoms with E-state index in [1.807, 2.05) is 0 Å². The van der Waals surface area contributed by atoms with Crippen LogP contribution in [0.4, 0.5) is 0 Å². The maximum Gasteiger partial charge on any atom is 0.0897 e. The van der Waals surface area contributed by atoms with E-state index in [0.29, 0.717) is 18.6 Å². The molecule has 2 N–H and O–H groups in total. The summed E-state index contributed by atoms with van der Waals surface area (Å²) in [6, 6.07) is 0. The van der Waals surface area contributed by atoms with Gasteiger partial charge in [-0.25, -0.2) is 0 Å². The summed E-state index contributed by atoms with van der Waals surface area (Å²) in [7, 11) is 0. The van der Waals surface area contributed by atoms with Gasteiger partial charge in [0.15, 0.2) is 0 Å². The Morgan fingerprint density at radius 3 is 2.33 bits per heavy atom. The first-order chi connectivity index (χ1) is 10.2. The van der Waals surface area contributed by atoms with Crippen molar-refractivity contribution in [2.24, 2.45) is 23.2 Å². The molecule has 21 heavy (non-hydrogen) atoms. The number of aliphatic hydroxyl groups excluding tert-OH is 1. The molecule has 0 spiro atoms. The SMILES string of the molecule is CCCCNCC(O)COCC12CC3CC(CC(C3)C1)C2. The van der Waals surface area contributed by atoms with Crippen molar-refractivity contribution in [3.8, 4) is 0 Å². The Hall–Kier alpha value is -0.120. The van der Waals surface area contributed by atoms with E-state index in [0.717, 1.165) is 30.9 Å². The molecule has 3 nitrogen and oxygen atoms in total. The maximum absolute atomic E-state index is 9.97. The highest BCUT2D eigenvalue weighted by molar-refractivity contribution is 5.01. The summed E-state index contributed by atoms with van der Waals surface area (Å²) in [5, 5.41) is 13.3. The average molecular weight is 295 g/mol. The van der Waals surface area contributed by atoms with Gasteiger partial charge in [-0.05, 0) is 74.7 Å². The molecule has 0 aromatic heterocycles. The summed E-state index contributed by atoms with van der Waals surface area (Å²) in [5.74, 6) is 2.96. The first-order valence-corrected chi connectivity index (χ1v) is 9.15. The highest BCUT2D eigenvalue weighted by atomic mass is 16.5. The number of hydrogen-bond donors (Lipinski definition) is 2. The van der Waals surface area contributed by atoms with Gasteiger partial charge >= 0.3 is 0 Å². The number of unbranched alkanes of at least 4 members (excludes halogenated alkanes) is 1. The van der Waals surface area contributed by atoms with Gasteiger partial charge in [-0.2, -0.15) is 0 Å². The monoisotopic (exact) mass is 295 g/mol. The molecular formula is C18H33NO2. The van der Waals surface area contributed by atoms with Crippen molar-refractivity contribution in [1.29, 1.82) is 0 Å². The van der Waals surface area contributed by atoms with E-state index in [2.05, 4.69) is 12.2 Å². The minimum Gasteiger partial charge on any atom is -0.389 e. The molecule has 4 rings (SSSR count). The zero-order valence-corrected chi connectivity index (χ0v) is 13.7. The fraction of sp³-hybridized carbons (Fsp3) is 1.00. The molecule has 0 aromatic carbocycles. The summed E-state index contributed by atoms with van der Waals surface area (Å²) in [6.45, 7) is 5.25. The third kappa shape index (κ3) is 4.00. The average Bonchev–Trinajstić information content (AvgIpc) is 2.42. The molecule has 4 fully saturated rings. The van der Waals surface area contributed by atoms with Crippen LogP contribution in [0.15, 0.2) is 0 Å². The molecule has 4 aliphatic rings. The van der Waals surface area contributed by atoms with Crippen LogP contribution >= 0.6 is 0 Å². The third-order valence-electron chi connectivity index (χ3n) is 5.97. The van der Waals surface area contributed by atoms with E-state index in [4.69, 9.17) is 4.74 Å². The topological polar surface area (TPSA) is 41.5 Å². The van der Waals surface area contributed by atoms with Crippen molar-refractivity contribution < 1.29 is 9.84 Å². The van der Waals surface area contributed by atoms with E-state index in [9.17, 15) is 5.11 Å². The summed E-state index contributed by atoms with van der Waals surface area (Å²) in [6.07, 6.45) is 10.7. The lowest BCUT2D eigenvalue weighted by molar-refractivity contribution is -0.105. The Bertz CT molecular complexity index is 296. The van der Waals surface area contributed by atoms with Crippen molar-refractivity contribution in [3.05, 3.63) is 0 Å². The summed E-state index contributed by atoms with van der Waals surface area (Å²) in [4.78, 5) is 0. The van der Waals surface area contributed by atoms with Gasteiger partial charge in [-0.15, -0.1) is 0 Å². The number of ether oxygens (including phenoxy) is 1. The number of hydrogen-bond acceptors (Lipinski definition) is 3. The molecule has 4 aliphatic carbocycles. The molecule has 0 amide bonds. The predicted octanol–water partition coefficient (Wildman–Crippen LogP) is 2.97. The fourth-order valence-corrected chi connectivity index (χ4v) is 5.51. The zero-order chi connectivity index (χ0) is 14.7. The van der Waals surface area contributed by atoms with Crippen LogP contribution in [0, 0.1) is 23.2 Å². The smallest absolute Gasteiger partial charge is 0.0897 e. The molecule has 0 saturated heterocycles. The van der Waals surface area contributed by atoms with Crippen LogP contribution in [0.5, 0.6) is 0 Å². The molecule has 4 bridgehead atoms. The lowest BCUT2D eigenvalue weighted by Crippen LogP contribution is -2.48. The van der Waals surface area contributed by atoms with Gasteiger partial charge in [-0.1, -0.05) is 13.3 Å². The summed E-state index contributed by atoms with van der Waals surface area (Å²) >= 11 is 0. The number of nitrogens with one attached hydrogen (secondary N) is 1. The largest absolute Gasteiger partial charge is 0.389 e. The molecule has 3 heteroatoms. The minimum atomic E-state index is -0.351. The third-order valence-corrected chi connectivity index (χ3v) is 5.97. The first-order valence-electron chi connectivity index (χ1n) is 9.15. The lowest BCUT2D eigenvalue weighted by atomic mass is 9.50. The molecular weight excluding hydrogens is 262 g/mol. The molecule has 1 unspecified atom stereocenters. The van der Waals surface area contributed by atoms with Crippen LogP contribution < -0.4 is 5.32 Å². The van der Waals surface area contributed by atoms with Gasteiger partial charge in [-0.3, -0.25) is 0 Å². The second-order valence-electron chi connectivity index (χ2n) is 8.14. The van der Waals surface area contributed by atoms with Gasteiger partial charge < -0.3 is 15.2 Å². The van der Waals surface area contributed by atoms with Crippen molar-refractivity contribution in [2.75, 3.05) is 26.3 Å². The Morgan fingerprint density at radius 2 is 1.76 bits per heavy atom. The van der Waals surface area contributed by atoms with E-state index >= 15 is 0 Å². The van der Waals surface area contributed by atoms with Crippen LogP contribution in [0.25, 0.3) is 0 Å². The van der Waals surface area contributed by atoms with Crippen LogP contribution in [-0.2, 0) is 4.74 Å². The Labute approximate surface area is 129 Å². The number of rotatable bonds is 9. The zero-order valence-electron chi connectivity index (χ0n) is 13.7. The second-order valence-corrected chi connectivity index (χ2v) is 8.14. The molecule has 122 valence electrons. The predicted molar refractivity (Wildman–Crippen MR) is 85.2 cm³/mol. The van der Waals surface area contributed by atoms with Gasteiger partial charge in [0.05, 0.1) is 19.3 Å². The molecule has 1 atom stereocenters. The highest BCUT2D eigenvalue weighted by Crippen LogP contribution is 2.59. The Kier molecular flexibility index (Phi) is 5.23. The fourth-order valence-electron chi connectivity index (χ4n) is 5.51. The number of aliphatic hydroxyl groups is 1. The Balaban J connectivity index is 1.35. The molecule has 0 aliphatic heterocycles. The van der Waals surface area contributed by atoms with E-state index < -0.39 is 0 Å². The van der Waals surface area contributed by atoms with Gasteiger partial charge in [0.2, 0.25) is 0 Å². The van der Waals surface area contributed by atoms with Crippen molar-refractivity contribution in [3.63, 3.8) is 0 Å². The van der Waals surface area contributed by atoms with Crippen LogP contribution in [0.3, 0.4) is 0 Å². The van der Waals surface area contributed by atoms with Gasteiger partial charge in [0.25, 0.3) is 0 Å². The lowest BCUT2D eigenvalue weighted by Gasteiger charge is -2.56. The van der Waals surface area contributed by atoms with Crippen molar-refractivity contribution >= 4 is 0 Å². The molecule has 0 heterocycles. The van der Waals surface area contributed by atoms with E-state index in [1.54, 1.807) is 0 Å². The molecule has 0 radical (unpaired) electrons. The van der Waals surface area contributed by atoms with Crippen LogP contribution in [-0.4, -0.2) is 37.5 Å². The van der Waals surface area contributed by atoms with Crippen molar-refractivity contribution in [2.45, 2.75) is 64.4 Å². The quantitative estimate of drug-likeness (QED) is 0.643. The normalized spacial score (nSPS) is 38.9. The van der Waals surface area contributed by atoms with E-state index in [-0.39, 0.29) is 6.10 Å². The van der Waals surface area contributed by atoms with Crippen LogP contribution in [0.2, 0.25) is 0 Å². The summed E-state index contributed by atoms with van der Waals surface area (Å²) in [5.41, 5.74) is 0.476. The van der Waals surface area contributed by atoms with Crippen molar-refractivity contribution in [1.82, 2.24) is 5.32 Å². The molecule has 4 saturated carbocycles.